The van der Waals surface area contributed by atoms with E-state index in [1.807, 2.05) is 6.07 Å². The molecule has 18 heavy (non-hydrogen) atoms. The van der Waals surface area contributed by atoms with Gasteiger partial charge in [-0.2, -0.15) is 0 Å². The molecule has 4 heteroatoms. The molecule has 0 amide bonds. The number of nitrogens with zero attached hydrogens (tertiary/aromatic N) is 1. The second-order valence-corrected chi connectivity index (χ2v) is 5.58. The zero-order chi connectivity index (χ0) is 13.0. The molecule has 0 bridgehead atoms. The molecule has 1 aliphatic heterocycles. The van der Waals surface area contributed by atoms with Crippen molar-refractivity contribution in [1.29, 1.82) is 0 Å². The zero-order valence-electron chi connectivity index (χ0n) is 11.1. The van der Waals surface area contributed by atoms with Crippen LogP contribution in [0.2, 0.25) is 0 Å². The van der Waals surface area contributed by atoms with E-state index in [9.17, 15) is 0 Å². The van der Waals surface area contributed by atoms with Crippen LogP contribution in [-0.4, -0.2) is 33.3 Å². The molecule has 0 spiro atoms. The minimum atomic E-state index is 0.753. The summed E-state index contributed by atoms with van der Waals surface area (Å²) in [7, 11) is 1.71. The van der Waals surface area contributed by atoms with Gasteiger partial charge in [-0.3, -0.25) is 0 Å². The molecule has 0 aromatic heterocycles. The molecule has 1 unspecified atom stereocenters. The number of anilines is 1. The average molecular weight is 313 g/mol. The van der Waals surface area contributed by atoms with E-state index in [1.54, 1.807) is 7.11 Å². The molecule has 2 rings (SSSR count). The van der Waals surface area contributed by atoms with Crippen LogP contribution in [0.25, 0.3) is 0 Å². The highest BCUT2D eigenvalue weighted by molar-refractivity contribution is 9.10. The zero-order valence-corrected chi connectivity index (χ0v) is 12.7. The van der Waals surface area contributed by atoms with E-state index in [1.165, 1.54) is 12.1 Å². The minimum absolute atomic E-state index is 0.753. The van der Waals surface area contributed by atoms with E-state index >= 15 is 0 Å². The van der Waals surface area contributed by atoms with Gasteiger partial charge in [0.15, 0.2) is 0 Å². The van der Waals surface area contributed by atoms with Crippen molar-refractivity contribution in [2.24, 2.45) is 5.92 Å². The third-order valence-electron chi connectivity index (χ3n) is 3.46. The number of halogens is 1. The molecule has 3 nitrogen and oxygen atoms in total. The number of methoxy groups -OCH3 is 1. The van der Waals surface area contributed by atoms with Crippen molar-refractivity contribution in [1.82, 2.24) is 5.32 Å². The number of hydrogen-bond donors (Lipinski definition) is 1. The SMILES string of the molecule is CCNCC1CCN(c2cc(OC)ccc2Br)C1. The van der Waals surface area contributed by atoms with Crippen LogP contribution in [0.3, 0.4) is 0 Å². The van der Waals surface area contributed by atoms with Crippen LogP contribution in [0, 0.1) is 5.92 Å². The third kappa shape index (κ3) is 3.18. The Balaban J connectivity index is 2.04. The van der Waals surface area contributed by atoms with Gasteiger partial charge in [0.1, 0.15) is 5.75 Å². The van der Waals surface area contributed by atoms with Gasteiger partial charge >= 0.3 is 0 Å². The summed E-state index contributed by atoms with van der Waals surface area (Å²) in [6.45, 7) is 6.58. The van der Waals surface area contributed by atoms with E-state index < -0.39 is 0 Å². The molecule has 1 fully saturated rings. The normalized spacial score (nSPS) is 19.3. The van der Waals surface area contributed by atoms with Gasteiger partial charge in [0.25, 0.3) is 0 Å². The smallest absolute Gasteiger partial charge is 0.121 e. The van der Waals surface area contributed by atoms with Crippen LogP contribution in [0.5, 0.6) is 5.75 Å². The minimum Gasteiger partial charge on any atom is -0.497 e. The fraction of sp³-hybridized carbons (Fsp3) is 0.571. The molecule has 0 aliphatic carbocycles. The summed E-state index contributed by atoms with van der Waals surface area (Å²) >= 11 is 3.63. The van der Waals surface area contributed by atoms with Gasteiger partial charge in [-0.25, -0.2) is 0 Å². The lowest BCUT2D eigenvalue weighted by Crippen LogP contribution is -2.26. The molecule has 1 aromatic carbocycles. The Labute approximate surface area is 118 Å². The second-order valence-electron chi connectivity index (χ2n) is 4.73. The van der Waals surface area contributed by atoms with Crippen molar-refractivity contribution >= 4 is 21.6 Å². The first-order valence-electron chi connectivity index (χ1n) is 6.53. The first-order chi connectivity index (χ1) is 8.74. The van der Waals surface area contributed by atoms with E-state index in [4.69, 9.17) is 4.74 Å². The van der Waals surface area contributed by atoms with Gasteiger partial charge in [0.05, 0.1) is 12.8 Å². The van der Waals surface area contributed by atoms with Crippen LogP contribution in [0.4, 0.5) is 5.69 Å². The van der Waals surface area contributed by atoms with Crippen LogP contribution in [0.15, 0.2) is 22.7 Å². The Hall–Kier alpha value is -0.740. The Morgan fingerprint density at radius 1 is 1.50 bits per heavy atom. The fourth-order valence-electron chi connectivity index (χ4n) is 2.43. The highest BCUT2D eigenvalue weighted by atomic mass is 79.9. The molecule has 0 radical (unpaired) electrons. The summed E-state index contributed by atoms with van der Waals surface area (Å²) in [6.07, 6.45) is 1.26. The maximum Gasteiger partial charge on any atom is 0.121 e. The quantitative estimate of drug-likeness (QED) is 0.905. The lowest BCUT2D eigenvalue weighted by molar-refractivity contribution is 0.414. The lowest BCUT2D eigenvalue weighted by Gasteiger charge is -2.21. The van der Waals surface area contributed by atoms with Crippen molar-refractivity contribution in [3.8, 4) is 5.75 Å². The summed E-state index contributed by atoms with van der Waals surface area (Å²) in [5.41, 5.74) is 1.24. The Morgan fingerprint density at radius 2 is 2.33 bits per heavy atom. The first-order valence-corrected chi connectivity index (χ1v) is 7.33. The van der Waals surface area contributed by atoms with Gasteiger partial charge in [-0.15, -0.1) is 0 Å². The number of hydrogen-bond acceptors (Lipinski definition) is 3. The van der Waals surface area contributed by atoms with Crippen molar-refractivity contribution in [2.75, 3.05) is 38.2 Å². The first kappa shape index (κ1) is 13.7. The molecule has 1 N–H and O–H groups in total. The van der Waals surface area contributed by atoms with Crippen molar-refractivity contribution in [3.05, 3.63) is 22.7 Å². The molecular weight excluding hydrogens is 292 g/mol. The fourth-order valence-corrected chi connectivity index (χ4v) is 2.93. The van der Waals surface area contributed by atoms with Crippen molar-refractivity contribution in [3.63, 3.8) is 0 Å². The van der Waals surface area contributed by atoms with Crippen molar-refractivity contribution in [2.45, 2.75) is 13.3 Å². The molecule has 1 heterocycles. The molecular formula is C14H21BrN2O. The summed E-state index contributed by atoms with van der Waals surface area (Å²) < 4.78 is 6.45. The van der Waals surface area contributed by atoms with Crippen LogP contribution < -0.4 is 15.0 Å². The molecule has 1 aromatic rings. The Morgan fingerprint density at radius 3 is 3.06 bits per heavy atom. The maximum absolute atomic E-state index is 5.30. The van der Waals surface area contributed by atoms with Crippen molar-refractivity contribution < 1.29 is 4.74 Å². The topological polar surface area (TPSA) is 24.5 Å². The number of benzene rings is 1. The van der Waals surface area contributed by atoms with Crippen LogP contribution in [-0.2, 0) is 0 Å². The number of rotatable bonds is 5. The van der Waals surface area contributed by atoms with Crippen LogP contribution in [0.1, 0.15) is 13.3 Å². The Bertz CT molecular complexity index is 397. The monoisotopic (exact) mass is 312 g/mol. The molecule has 1 aliphatic rings. The third-order valence-corrected chi connectivity index (χ3v) is 4.13. The Kier molecular flexibility index (Phi) is 4.89. The number of ether oxygens (including phenoxy) is 1. The molecule has 0 saturated carbocycles. The predicted molar refractivity (Wildman–Crippen MR) is 79.6 cm³/mol. The summed E-state index contributed by atoms with van der Waals surface area (Å²) in [5, 5.41) is 3.44. The highest BCUT2D eigenvalue weighted by Crippen LogP contribution is 2.33. The second kappa shape index (κ2) is 6.43. The van der Waals surface area contributed by atoms with E-state index in [2.05, 4.69) is 45.2 Å². The molecule has 1 saturated heterocycles. The largest absolute Gasteiger partial charge is 0.497 e. The predicted octanol–water partition coefficient (Wildman–Crippen LogP) is 2.89. The summed E-state index contributed by atoms with van der Waals surface area (Å²) in [4.78, 5) is 2.44. The maximum atomic E-state index is 5.30. The molecule has 1 atom stereocenters. The van der Waals surface area contributed by atoms with Gasteiger partial charge in [0.2, 0.25) is 0 Å². The van der Waals surface area contributed by atoms with E-state index in [0.29, 0.717) is 0 Å². The summed E-state index contributed by atoms with van der Waals surface area (Å²) in [5.74, 6) is 1.67. The van der Waals surface area contributed by atoms with Gasteiger partial charge < -0.3 is 15.0 Å². The van der Waals surface area contributed by atoms with Gasteiger partial charge in [-0.05, 0) is 53.5 Å². The average Bonchev–Trinajstić information content (AvgIpc) is 2.85. The summed E-state index contributed by atoms with van der Waals surface area (Å²) in [6, 6.07) is 6.16. The lowest BCUT2D eigenvalue weighted by atomic mass is 10.1. The molecule has 100 valence electrons. The van der Waals surface area contributed by atoms with Crippen LogP contribution >= 0.6 is 15.9 Å². The van der Waals surface area contributed by atoms with E-state index in [-0.39, 0.29) is 0 Å². The van der Waals surface area contributed by atoms with Gasteiger partial charge in [0, 0.05) is 23.6 Å². The highest BCUT2D eigenvalue weighted by Gasteiger charge is 2.23. The van der Waals surface area contributed by atoms with Gasteiger partial charge in [-0.1, -0.05) is 6.92 Å². The number of nitrogens with one attached hydrogen (secondary N) is 1. The standard InChI is InChI=1S/C14H21BrN2O/c1-3-16-9-11-6-7-17(10-11)14-8-12(18-2)4-5-13(14)15/h4-5,8,11,16H,3,6-7,9-10H2,1-2H3. The van der Waals surface area contributed by atoms with E-state index in [0.717, 1.165) is 42.3 Å².